The molecule has 0 saturated carbocycles. The van der Waals surface area contributed by atoms with E-state index in [2.05, 4.69) is 31.4 Å². The predicted molar refractivity (Wildman–Crippen MR) is 73.4 cm³/mol. The number of nitrogens with one attached hydrogen (secondary N) is 1. The molecule has 0 spiro atoms. The van der Waals surface area contributed by atoms with Gasteiger partial charge >= 0.3 is 0 Å². The lowest BCUT2D eigenvalue weighted by molar-refractivity contribution is 0.0955. The third-order valence-corrected chi connectivity index (χ3v) is 2.65. The summed E-state index contributed by atoms with van der Waals surface area (Å²) in [5.41, 5.74) is 3.82. The van der Waals surface area contributed by atoms with E-state index in [1.54, 1.807) is 24.5 Å². The summed E-state index contributed by atoms with van der Waals surface area (Å²) < 4.78 is 0.963. The maximum absolute atomic E-state index is 11.6. The van der Waals surface area contributed by atoms with E-state index in [9.17, 15) is 4.79 Å². The molecule has 0 atom stereocenters. The van der Waals surface area contributed by atoms with Crippen LogP contribution in [0.25, 0.3) is 0 Å². The summed E-state index contributed by atoms with van der Waals surface area (Å²) in [4.78, 5) is 15.5. The number of benzene rings is 1. The fourth-order valence-corrected chi connectivity index (χ4v) is 1.73. The van der Waals surface area contributed by atoms with Crippen molar-refractivity contribution < 1.29 is 4.79 Å². The van der Waals surface area contributed by atoms with Gasteiger partial charge < -0.3 is 0 Å². The van der Waals surface area contributed by atoms with Crippen LogP contribution in [0.3, 0.4) is 0 Å². The molecule has 1 aromatic heterocycles. The van der Waals surface area contributed by atoms with Crippen LogP contribution < -0.4 is 5.43 Å². The zero-order valence-corrected chi connectivity index (χ0v) is 11.0. The Balaban J connectivity index is 1.98. The SMILES string of the molecule is O=C(N/N=C\c1cccc(Br)c1)c1cccnc1. The van der Waals surface area contributed by atoms with Gasteiger partial charge in [-0.1, -0.05) is 28.1 Å². The van der Waals surface area contributed by atoms with Crippen LogP contribution in [0, 0.1) is 0 Å². The number of hydrogen-bond donors (Lipinski definition) is 1. The minimum atomic E-state index is -0.283. The minimum Gasteiger partial charge on any atom is -0.267 e. The Bertz CT molecular complexity index is 569. The number of hydrazone groups is 1. The number of rotatable bonds is 3. The van der Waals surface area contributed by atoms with Gasteiger partial charge in [0.2, 0.25) is 0 Å². The Morgan fingerprint density at radius 3 is 2.94 bits per heavy atom. The third kappa shape index (κ3) is 3.49. The fourth-order valence-electron chi connectivity index (χ4n) is 1.31. The van der Waals surface area contributed by atoms with Crippen LogP contribution in [0.1, 0.15) is 15.9 Å². The highest BCUT2D eigenvalue weighted by molar-refractivity contribution is 9.10. The summed E-state index contributed by atoms with van der Waals surface area (Å²) in [7, 11) is 0. The number of carbonyl (C=O) groups is 1. The van der Waals surface area contributed by atoms with E-state index in [1.807, 2.05) is 24.3 Å². The summed E-state index contributed by atoms with van der Waals surface area (Å²) >= 11 is 3.36. The van der Waals surface area contributed by atoms with Crippen molar-refractivity contribution in [2.75, 3.05) is 0 Å². The lowest BCUT2D eigenvalue weighted by Crippen LogP contribution is -2.17. The number of nitrogens with zero attached hydrogens (tertiary/aromatic N) is 2. The molecule has 0 saturated heterocycles. The molecule has 1 N–H and O–H groups in total. The van der Waals surface area contributed by atoms with Gasteiger partial charge in [-0.05, 0) is 29.8 Å². The summed E-state index contributed by atoms with van der Waals surface area (Å²) in [5, 5.41) is 3.89. The van der Waals surface area contributed by atoms with Gasteiger partial charge in [-0.2, -0.15) is 5.10 Å². The zero-order chi connectivity index (χ0) is 12.8. The molecule has 90 valence electrons. The average molecular weight is 304 g/mol. The molecule has 0 radical (unpaired) electrons. The van der Waals surface area contributed by atoms with Crippen molar-refractivity contribution in [3.8, 4) is 0 Å². The highest BCUT2D eigenvalue weighted by Gasteiger charge is 2.02. The fraction of sp³-hybridized carbons (Fsp3) is 0. The van der Waals surface area contributed by atoms with Crippen LogP contribution in [0.5, 0.6) is 0 Å². The maximum atomic E-state index is 11.6. The van der Waals surface area contributed by atoms with E-state index in [0.717, 1.165) is 10.0 Å². The highest BCUT2D eigenvalue weighted by atomic mass is 79.9. The third-order valence-electron chi connectivity index (χ3n) is 2.15. The minimum absolute atomic E-state index is 0.283. The second kappa shape index (κ2) is 6.07. The molecule has 5 heteroatoms. The number of pyridine rings is 1. The first-order chi connectivity index (χ1) is 8.75. The lowest BCUT2D eigenvalue weighted by atomic mass is 10.2. The van der Waals surface area contributed by atoms with E-state index >= 15 is 0 Å². The largest absolute Gasteiger partial charge is 0.272 e. The summed E-state index contributed by atoms with van der Waals surface area (Å²) in [6, 6.07) is 11.0. The van der Waals surface area contributed by atoms with E-state index in [0.29, 0.717) is 5.56 Å². The van der Waals surface area contributed by atoms with Gasteiger partial charge in [0, 0.05) is 16.9 Å². The quantitative estimate of drug-likeness (QED) is 0.700. The van der Waals surface area contributed by atoms with Crippen LogP contribution in [0.15, 0.2) is 58.4 Å². The van der Waals surface area contributed by atoms with Gasteiger partial charge in [-0.15, -0.1) is 0 Å². The standard InChI is InChI=1S/C13H10BrN3O/c14-12-5-1-3-10(7-12)8-16-17-13(18)11-4-2-6-15-9-11/h1-9H,(H,17,18)/b16-8-. The molecule has 18 heavy (non-hydrogen) atoms. The van der Waals surface area contributed by atoms with Crippen LogP contribution >= 0.6 is 15.9 Å². The molecular formula is C13H10BrN3O. The maximum Gasteiger partial charge on any atom is 0.272 e. The number of carbonyl (C=O) groups excluding carboxylic acids is 1. The van der Waals surface area contributed by atoms with Crippen molar-refractivity contribution in [3.05, 3.63) is 64.4 Å². The number of aromatic nitrogens is 1. The van der Waals surface area contributed by atoms with Gasteiger partial charge in [0.15, 0.2) is 0 Å². The molecule has 0 unspecified atom stereocenters. The molecule has 0 aliphatic carbocycles. The highest BCUT2D eigenvalue weighted by Crippen LogP contribution is 2.09. The molecule has 0 aliphatic heterocycles. The Kier molecular flexibility index (Phi) is 4.20. The normalized spacial score (nSPS) is 10.5. The van der Waals surface area contributed by atoms with Crippen LogP contribution in [0.4, 0.5) is 0 Å². The van der Waals surface area contributed by atoms with Gasteiger partial charge in [0.25, 0.3) is 5.91 Å². The Morgan fingerprint density at radius 1 is 1.33 bits per heavy atom. The topological polar surface area (TPSA) is 54.4 Å². The molecule has 1 heterocycles. The first kappa shape index (κ1) is 12.4. The average Bonchev–Trinajstić information content (AvgIpc) is 2.40. The lowest BCUT2D eigenvalue weighted by Gasteiger charge is -1.98. The van der Waals surface area contributed by atoms with Gasteiger partial charge in [0.1, 0.15) is 0 Å². The molecule has 1 aromatic carbocycles. The van der Waals surface area contributed by atoms with Gasteiger partial charge in [0.05, 0.1) is 11.8 Å². The number of halogens is 1. The summed E-state index contributed by atoms with van der Waals surface area (Å²) in [6.45, 7) is 0. The van der Waals surface area contributed by atoms with Crippen molar-refractivity contribution in [3.63, 3.8) is 0 Å². The molecule has 0 bridgehead atoms. The molecule has 2 rings (SSSR count). The van der Waals surface area contributed by atoms with Crippen LogP contribution in [-0.4, -0.2) is 17.1 Å². The molecule has 0 fully saturated rings. The second-order valence-electron chi connectivity index (χ2n) is 3.50. The monoisotopic (exact) mass is 303 g/mol. The smallest absolute Gasteiger partial charge is 0.267 e. The Hall–Kier alpha value is -2.01. The van der Waals surface area contributed by atoms with Crippen LogP contribution in [0.2, 0.25) is 0 Å². The van der Waals surface area contributed by atoms with E-state index < -0.39 is 0 Å². The van der Waals surface area contributed by atoms with Crippen LogP contribution in [-0.2, 0) is 0 Å². The first-order valence-corrected chi connectivity index (χ1v) is 6.04. The number of hydrogen-bond acceptors (Lipinski definition) is 3. The van der Waals surface area contributed by atoms with E-state index in [-0.39, 0.29) is 5.91 Å². The molecule has 1 amide bonds. The predicted octanol–water partition coefficient (Wildman–Crippen LogP) is 2.61. The first-order valence-electron chi connectivity index (χ1n) is 5.25. The van der Waals surface area contributed by atoms with Crippen molar-refractivity contribution in [1.29, 1.82) is 0 Å². The van der Waals surface area contributed by atoms with Gasteiger partial charge in [-0.25, -0.2) is 5.43 Å². The summed E-state index contributed by atoms with van der Waals surface area (Å²) in [5.74, 6) is -0.283. The Labute approximate surface area is 113 Å². The molecule has 2 aromatic rings. The van der Waals surface area contributed by atoms with E-state index in [1.165, 1.54) is 6.20 Å². The summed E-state index contributed by atoms with van der Waals surface area (Å²) in [6.07, 6.45) is 4.69. The van der Waals surface area contributed by atoms with Crippen molar-refractivity contribution in [2.24, 2.45) is 5.10 Å². The molecule has 0 aliphatic rings. The molecule has 4 nitrogen and oxygen atoms in total. The van der Waals surface area contributed by atoms with Crippen molar-refractivity contribution in [1.82, 2.24) is 10.4 Å². The molecular weight excluding hydrogens is 294 g/mol. The second-order valence-corrected chi connectivity index (χ2v) is 4.41. The van der Waals surface area contributed by atoms with Crippen molar-refractivity contribution in [2.45, 2.75) is 0 Å². The zero-order valence-electron chi connectivity index (χ0n) is 9.38. The van der Waals surface area contributed by atoms with Crippen molar-refractivity contribution >= 4 is 28.1 Å². The van der Waals surface area contributed by atoms with Gasteiger partial charge in [-0.3, -0.25) is 9.78 Å². The van der Waals surface area contributed by atoms with E-state index in [4.69, 9.17) is 0 Å². The number of amides is 1. The Morgan fingerprint density at radius 2 is 2.22 bits per heavy atom.